The highest BCUT2D eigenvalue weighted by Gasteiger charge is 2.04. The quantitative estimate of drug-likeness (QED) is 0.454. The Kier molecular flexibility index (Phi) is 1.89. The lowest BCUT2D eigenvalue weighted by atomic mass is 10.1. The minimum Gasteiger partial charge on any atom is -0.258 e. The first-order chi connectivity index (χ1) is 5.11. The molecule has 0 aliphatic carbocycles. The molecule has 1 aromatic carbocycles. The third kappa shape index (κ3) is 1.55. The fourth-order valence-electron chi connectivity index (χ4n) is 0.771. The van der Waals surface area contributed by atoms with Crippen molar-refractivity contribution < 1.29 is 4.92 Å². The van der Waals surface area contributed by atoms with Gasteiger partial charge in [0.1, 0.15) is 0 Å². The molecule has 1 rings (SSSR count). The smallest absolute Gasteiger partial charge is 0.258 e. The molecule has 0 aliphatic rings. The Labute approximate surface area is 64.8 Å². The monoisotopic (exact) mass is 150 g/mol. The van der Waals surface area contributed by atoms with Gasteiger partial charge < -0.3 is 0 Å². The molecule has 0 atom stereocenters. The zero-order valence-electron chi connectivity index (χ0n) is 6.20. The second kappa shape index (κ2) is 2.70. The van der Waals surface area contributed by atoms with E-state index in [0.717, 1.165) is 5.56 Å². The predicted octanol–water partition coefficient (Wildman–Crippen LogP) is 2.09. The van der Waals surface area contributed by atoms with Gasteiger partial charge in [0, 0.05) is 12.1 Å². The summed E-state index contributed by atoms with van der Waals surface area (Å²) in [5.41, 5.74) is 1.77. The maximum atomic E-state index is 10.2. The van der Waals surface area contributed by atoms with Gasteiger partial charge >= 0.3 is 0 Å². The SMILES string of the molecule is [CH2]c1cc([N+](=O)[O-])ccc1C. The van der Waals surface area contributed by atoms with Crippen LogP contribution < -0.4 is 0 Å². The molecule has 3 heteroatoms. The van der Waals surface area contributed by atoms with Gasteiger partial charge in [-0.15, -0.1) is 0 Å². The lowest BCUT2D eigenvalue weighted by molar-refractivity contribution is -0.384. The summed E-state index contributed by atoms with van der Waals surface area (Å²) < 4.78 is 0. The average Bonchev–Trinajstić information content (AvgIpc) is 1.94. The predicted molar refractivity (Wildman–Crippen MR) is 42.3 cm³/mol. The molecular formula is C8H8NO2. The Balaban J connectivity index is 3.15. The Morgan fingerprint density at radius 1 is 1.55 bits per heavy atom. The molecule has 11 heavy (non-hydrogen) atoms. The lowest BCUT2D eigenvalue weighted by Gasteiger charge is -1.96. The summed E-state index contributed by atoms with van der Waals surface area (Å²) in [5.74, 6) is 0. The molecule has 0 N–H and O–H groups in total. The van der Waals surface area contributed by atoms with Crippen LogP contribution >= 0.6 is 0 Å². The van der Waals surface area contributed by atoms with Crippen molar-refractivity contribution in [2.45, 2.75) is 6.92 Å². The van der Waals surface area contributed by atoms with Gasteiger partial charge in [-0.3, -0.25) is 10.1 Å². The molecule has 0 fully saturated rings. The van der Waals surface area contributed by atoms with Crippen molar-refractivity contribution in [3.63, 3.8) is 0 Å². The molecule has 0 saturated heterocycles. The van der Waals surface area contributed by atoms with Gasteiger partial charge in [-0.2, -0.15) is 0 Å². The highest BCUT2D eigenvalue weighted by Crippen LogP contribution is 2.15. The second-order valence-electron chi connectivity index (χ2n) is 2.37. The van der Waals surface area contributed by atoms with E-state index in [1.807, 2.05) is 6.92 Å². The topological polar surface area (TPSA) is 43.1 Å². The standard InChI is InChI=1S/C8H8NO2/c1-6-3-4-8(9(10)11)5-7(6)2/h3-5H,2H2,1H3. The van der Waals surface area contributed by atoms with Crippen LogP contribution in [0, 0.1) is 24.0 Å². The Hall–Kier alpha value is -1.38. The minimum atomic E-state index is -0.422. The first-order valence-electron chi connectivity index (χ1n) is 3.18. The zero-order valence-corrected chi connectivity index (χ0v) is 6.20. The fraction of sp³-hybridized carbons (Fsp3) is 0.125. The molecule has 0 amide bonds. The third-order valence-electron chi connectivity index (χ3n) is 1.54. The highest BCUT2D eigenvalue weighted by molar-refractivity contribution is 5.40. The van der Waals surface area contributed by atoms with E-state index in [-0.39, 0.29) is 5.69 Å². The number of benzene rings is 1. The molecule has 0 unspecified atom stereocenters. The van der Waals surface area contributed by atoms with Gasteiger partial charge in [0.15, 0.2) is 0 Å². The second-order valence-corrected chi connectivity index (χ2v) is 2.37. The van der Waals surface area contributed by atoms with E-state index >= 15 is 0 Å². The number of hydrogen-bond donors (Lipinski definition) is 0. The van der Waals surface area contributed by atoms with Crippen molar-refractivity contribution in [1.29, 1.82) is 0 Å². The van der Waals surface area contributed by atoms with Gasteiger partial charge in [0.2, 0.25) is 0 Å². The van der Waals surface area contributed by atoms with Crippen molar-refractivity contribution in [3.05, 3.63) is 46.4 Å². The van der Waals surface area contributed by atoms with Crippen LogP contribution in [0.2, 0.25) is 0 Å². The van der Waals surface area contributed by atoms with E-state index in [2.05, 4.69) is 6.92 Å². The molecule has 1 aromatic rings. The van der Waals surface area contributed by atoms with E-state index in [0.29, 0.717) is 5.56 Å². The average molecular weight is 150 g/mol. The summed E-state index contributed by atoms with van der Waals surface area (Å²) >= 11 is 0. The van der Waals surface area contributed by atoms with E-state index in [1.165, 1.54) is 12.1 Å². The molecule has 0 saturated carbocycles. The minimum absolute atomic E-state index is 0.0978. The van der Waals surface area contributed by atoms with Gasteiger partial charge in [-0.1, -0.05) is 6.07 Å². The number of hydrogen-bond acceptors (Lipinski definition) is 2. The van der Waals surface area contributed by atoms with Crippen molar-refractivity contribution in [2.75, 3.05) is 0 Å². The van der Waals surface area contributed by atoms with Crippen molar-refractivity contribution >= 4 is 5.69 Å². The molecule has 0 heterocycles. The molecule has 0 spiro atoms. The molecule has 0 aliphatic heterocycles. The summed E-state index contributed by atoms with van der Waals surface area (Å²) in [4.78, 5) is 9.82. The summed E-state index contributed by atoms with van der Waals surface area (Å²) in [6, 6.07) is 4.64. The summed E-state index contributed by atoms with van der Waals surface area (Å²) in [6.07, 6.45) is 0. The number of nitro groups is 1. The molecule has 0 bridgehead atoms. The Morgan fingerprint density at radius 3 is 2.64 bits per heavy atom. The van der Waals surface area contributed by atoms with E-state index in [4.69, 9.17) is 0 Å². The van der Waals surface area contributed by atoms with Crippen molar-refractivity contribution in [1.82, 2.24) is 0 Å². The number of rotatable bonds is 1. The maximum absolute atomic E-state index is 10.2. The van der Waals surface area contributed by atoms with Crippen LogP contribution in [0.5, 0.6) is 0 Å². The summed E-state index contributed by atoms with van der Waals surface area (Å²) in [6.45, 7) is 5.53. The molecule has 0 aromatic heterocycles. The normalized spacial score (nSPS) is 9.64. The molecule has 57 valence electrons. The maximum Gasteiger partial charge on any atom is 0.269 e. The fourth-order valence-corrected chi connectivity index (χ4v) is 0.771. The molecule has 3 nitrogen and oxygen atoms in total. The van der Waals surface area contributed by atoms with Gasteiger partial charge in [0.05, 0.1) is 4.92 Å². The van der Waals surface area contributed by atoms with Gasteiger partial charge in [-0.25, -0.2) is 0 Å². The first-order valence-corrected chi connectivity index (χ1v) is 3.18. The number of nitro benzene ring substituents is 1. The van der Waals surface area contributed by atoms with Crippen LogP contribution in [-0.2, 0) is 0 Å². The third-order valence-corrected chi connectivity index (χ3v) is 1.54. The number of non-ortho nitro benzene ring substituents is 1. The van der Waals surface area contributed by atoms with Crippen LogP contribution in [0.25, 0.3) is 0 Å². The first kappa shape index (κ1) is 7.72. The summed E-state index contributed by atoms with van der Waals surface area (Å²) in [7, 11) is 0. The van der Waals surface area contributed by atoms with Crippen molar-refractivity contribution in [3.8, 4) is 0 Å². The van der Waals surface area contributed by atoms with Crippen LogP contribution in [0.4, 0.5) is 5.69 Å². The number of nitrogens with zero attached hydrogens (tertiary/aromatic N) is 1. The van der Waals surface area contributed by atoms with E-state index in [1.54, 1.807) is 6.07 Å². The molecule has 1 radical (unpaired) electrons. The van der Waals surface area contributed by atoms with Crippen LogP contribution in [0.3, 0.4) is 0 Å². The lowest BCUT2D eigenvalue weighted by Crippen LogP contribution is -1.89. The Morgan fingerprint density at radius 2 is 2.18 bits per heavy atom. The largest absolute Gasteiger partial charge is 0.269 e. The van der Waals surface area contributed by atoms with Crippen LogP contribution in [0.15, 0.2) is 18.2 Å². The number of aryl methyl sites for hydroxylation is 1. The van der Waals surface area contributed by atoms with Crippen molar-refractivity contribution in [2.24, 2.45) is 0 Å². The van der Waals surface area contributed by atoms with E-state index < -0.39 is 4.92 Å². The van der Waals surface area contributed by atoms with E-state index in [9.17, 15) is 10.1 Å². The Bertz CT molecular complexity index is 294. The van der Waals surface area contributed by atoms with Gasteiger partial charge in [0.25, 0.3) is 5.69 Å². The van der Waals surface area contributed by atoms with Gasteiger partial charge in [-0.05, 0) is 25.0 Å². The van der Waals surface area contributed by atoms with Crippen LogP contribution in [-0.4, -0.2) is 4.92 Å². The highest BCUT2D eigenvalue weighted by atomic mass is 16.6. The van der Waals surface area contributed by atoms with Crippen LogP contribution in [0.1, 0.15) is 11.1 Å². The summed E-state index contributed by atoms with van der Waals surface area (Å²) in [5, 5.41) is 10.2. The zero-order chi connectivity index (χ0) is 8.43. The molecular weight excluding hydrogens is 142 g/mol.